The molecular weight excluding hydrogens is 424 g/mol. The van der Waals surface area contributed by atoms with Gasteiger partial charge in [-0.15, -0.1) is 0 Å². The Hall–Kier alpha value is -1.64. The third-order valence-electron chi connectivity index (χ3n) is 7.91. The van der Waals surface area contributed by atoms with Crippen LogP contribution in [0.1, 0.15) is 58.6 Å². The van der Waals surface area contributed by atoms with Crippen LogP contribution in [0.15, 0.2) is 34.1 Å². The van der Waals surface area contributed by atoms with Crippen molar-refractivity contribution >= 4 is 8.32 Å². The molecule has 7 nitrogen and oxygen atoms in total. The molecule has 2 aliphatic rings. The highest BCUT2D eigenvalue weighted by molar-refractivity contribution is 6.74. The van der Waals surface area contributed by atoms with Crippen LogP contribution in [-0.2, 0) is 9.16 Å². The van der Waals surface area contributed by atoms with E-state index in [-0.39, 0.29) is 21.8 Å². The Kier molecular flexibility index (Phi) is 7.57. The highest BCUT2D eigenvalue weighted by Crippen LogP contribution is 2.45. The number of likely N-dealkylation sites (tertiary alicyclic amines) is 1. The minimum Gasteiger partial charge on any atom is -0.469 e. The van der Waals surface area contributed by atoms with Crippen molar-refractivity contribution in [3.8, 4) is 0 Å². The van der Waals surface area contributed by atoms with Crippen LogP contribution in [0.3, 0.4) is 0 Å². The van der Waals surface area contributed by atoms with Crippen molar-refractivity contribution in [3.63, 3.8) is 0 Å². The number of nitro groups is 1. The van der Waals surface area contributed by atoms with Gasteiger partial charge in [-0.2, -0.15) is 0 Å². The van der Waals surface area contributed by atoms with Gasteiger partial charge in [0.15, 0.2) is 8.32 Å². The molecule has 1 saturated heterocycles. The minimum absolute atomic E-state index is 0.0468. The zero-order chi connectivity index (χ0) is 23.7. The Labute approximate surface area is 193 Å². The largest absolute Gasteiger partial charge is 0.469 e. The van der Waals surface area contributed by atoms with Gasteiger partial charge in [0, 0.05) is 37.3 Å². The summed E-state index contributed by atoms with van der Waals surface area (Å²) in [5, 5.41) is 12.4. The lowest BCUT2D eigenvalue weighted by Gasteiger charge is -2.42. The lowest BCUT2D eigenvalue weighted by molar-refractivity contribution is -0.536. The number of hydrogen-bond acceptors (Lipinski definition) is 6. The molecular formula is C24H40N2O5Si. The van der Waals surface area contributed by atoms with E-state index in [0.29, 0.717) is 31.4 Å². The Morgan fingerprint density at radius 3 is 2.59 bits per heavy atom. The summed E-state index contributed by atoms with van der Waals surface area (Å²) in [6, 6.07) is 3.25. The molecule has 0 saturated carbocycles. The third-order valence-corrected chi connectivity index (χ3v) is 12.4. The van der Waals surface area contributed by atoms with Crippen molar-refractivity contribution < 1.29 is 18.5 Å². The molecule has 2 heterocycles. The van der Waals surface area contributed by atoms with Gasteiger partial charge in [-0.05, 0) is 55.6 Å². The summed E-state index contributed by atoms with van der Waals surface area (Å²) in [6.07, 6.45) is 4.42. The molecule has 1 aliphatic carbocycles. The molecule has 32 heavy (non-hydrogen) atoms. The van der Waals surface area contributed by atoms with Crippen molar-refractivity contribution in [2.45, 2.75) is 83.1 Å². The maximum absolute atomic E-state index is 12.4. The second-order valence-electron chi connectivity index (χ2n) is 10.9. The van der Waals surface area contributed by atoms with Gasteiger partial charge in [-0.1, -0.05) is 20.8 Å². The number of furan rings is 1. The lowest BCUT2D eigenvalue weighted by atomic mass is 9.74. The molecule has 0 aromatic carbocycles. The third kappa shape index (κ3) is 4.97. The van der Waals surface area contributed by atoms with Crippen LogP contribution < -0.4 is 0 Å². The first-order valence-corrected chi connectivity index (χ1v) is 14.6. The van der Waals surface area contributed by atoms with Crippen LogP contribution in [0.2, 0.25) is 18.1 Å². The summed E-state index contributed by atoms with van der Waals surface area (Å²) in [6.45, 7) is 15.1. The molecule has 4 atom stereocenters. The van der Waals surface area contributed by atoms with Crippen LogP contribution in [0.25, 0.3) is 0 Å². The molecule has 3 rings (SSSR count). The number of allylic oxidation sites excluding steroid dienone is 1. The van der Waals surface area contributed by atoms with Crippen molar-refractivity contribution in [2.24, 2.45) is 5.92 Å². The monoisotopic (exact) mass is 464 g/mol. The summed E-state index contributed by atoms with van der Waals surface area (Å²) < 4.78 is 17.8. The Balaban J connectivity index is 2.01. The van der Waals surface area contributed by atoms with Crippen molar-refractivity contribution in [3.05, 3.63) is 45.5 Å². The molecule has 8 heteroatoms. The van der Waals surface area contributed by atoms with E-state index in [9.17, 15) is 10.1 Å². The number of nitrogens with zero attached hydrogens (tertiary/aromatic N) is 2. The van der Waals surface area contributed by atoms with Gasteiger partial charge in [0.25, 0.3) is 0 Å². The standard InChI is InChI=1S/C24H40N2O5Si/c1-17-20(16-31-32(6,7)24(2,3)4)23(26(27)28)19(22-11-9-13-30-22)14-21(17)25-12-8-10-18(25)15-29-5/h9,11,13,18-20,23H,8,10,12,14-16H2,1-7H3/t18-,19+,20-,23+/m0/s1. The maximum Gasteiger partial charge on any atom is 0.231 e. The first-order valence-electron chi connectivity index (χ1n) is 11.7. The first kappa shape index (κ1) is 25.0. The van der Waals surface area contributed by atoms with Crippen LogP contribution in [-0.4, -0.2) is 57.1 Å². The fourth-order valence-corrected chi connectivity index (χ4v) is 5.97. The van der Waals surface area contributed by atoms with Gasteiger partial charge in [0.1, 0.15) is 5.76 Å². The first-order chi connectivity index (χ1) is 15.0. The van der Waals surface area contributed by atoms with Gasteiger partial charge >= 0.3 is 0 Å². The topological polar surface area (TPSA) is 78.0 Å². The molecule has 180 valence electrons. The molecule has 1 fully saturated rings. The van der Waals surface area contributed by atoms with Gasteiger partial charge in [0.05, 0.1) is 30.7 Å². The van der Waals surface area contributed by atoms with Gasteiger partial charge < -0.3 is 18.5 Å². The van der Waals surface area contributed by atoms with Crippen LogP contribution in [0.4, 0.5) is 0 Å². The number of hydrogen-bond donors (Lipinski definition) is 0. The number of methoxy groups -OCH3 is 1. The van der Waals surface area contributed by atoms with E-state index in [1.165, 1.54) is 5.70 Å². The molecule has 0 radical (unpaired) electrons. The molecule has 1 aliphatic heterocycles. The van der Waals surface area contributed by atoms with E-state index in [2.05, 4.69) is 45.7 Å². The number of ether oxygens (including phenoxy) is 1. The van der Waals surface area contributed by atoms with E-state index in [1.807, 2.05) is 12.1 Å². The predicted molar refractivity (Wildman–Crippen MR) is 128 cm³/mol. The summed E-state index contributed by atoms with van der Waals surface area (Å²) in [5.41, 5.74) is 2.31. The van der Waals surface area contributed by atoms with Gasteiger partial charge in [-0.3, -0.25) is 10.1 Å². The van der Waals surface area contributed by atoms with E-state index >= 15 is 0 Å². The maximum atomic E-state index is 12.4. The summed E-state index contributed by atoms with van der Waals surface area (Å²) in [4.78, 5) is 14.7. The Morgan fingerprint density at radius 2 is 2.03 bits per heavy atom. The second kappa shape index (κ2) is 9.69. The number of rotatable bonds is 8. The highest BCUT2D eigenvalue weighted by atomic mass is 28.4. The van der Waals surface area contributed by atoms with E-state index < -0.39 is 14.4 Å². The average Bonchev–Trinajstić information content (AvgIpc) is 3.38. The quantitative estimate of drug-likeness (QED) is 0.290. The summed E-state index contributed by atoms with van der Waals surface area (Å²) >= 11 is 0. The van der Waals surface area contributed by atoms with Gasteiger partial charge in [-0.25, -0.2) is 0 Å². The van der Waals surface area contributed by atoms with Crippen molar-refractivity contribution in [1.29, 1.82) is 0 Å². The van der Waals surface area contributed by atoms with Crippen LogP contribution >= 0.6 is 0 Å². The predicted octanol–water partition coefficient (Wildman–Crippen LogP) is 5.44. The van der Waals surface area contributed by atoms with Crippen molar-refractivity contribution in [2.75, 3.05) is 26.9 Å². The van der Waals surface area contributed by atoms with E-state index in [1.54, 1.807) is 13.4 Å². The summed E-state index contributed by atoms with van der Waals surface area (Å²) in [7, 11) is -0.314. The smallest absolute Gasteiger partial charge is 0.231 e. The fourth-order valence-electron chi connectivity index (χ4n) is 4.94. The Morgan fingerprint density at radius 1 is 1.31 bits per heavy atom. The zero-order valence-electron chi connectivity index (χ0n) is 20.7. The molecule has 1 aromatic heterocycles. The van der Waals surface area contributed by atoms with Crippen molar-refractivity contribution in [1.82, 2.24) is 4.90 Å². The van der Waals surface area contributed by atoms with Crippen LogP contribution in [0.5, 0.6) is 0 Å². The molecule has 0 amide bonds. The van der Waals surface area contributed by atoms with E-state index in [4.69, 9.17) is 13.6 Å². The van der Waals surface area contributed by atoms with Gasteiger partial charge in [0.2, 0.25) is 6.04 Å². The fraction of sp³-hybridized carbons (Fsp3) is 0.750. The minimum atomic E-state index is -2.05. The molecule has 0 unspecified atom stereocenters. The second-order valence-corrected chi connectivity index (χ2v) is 15.7. The molecule has 0 bridgehead atoms. The highest BCUT2D eigenvalue weighted by Gasteiger charge is 2.49. The zero-order valence-corrected chi connectivity index (χ0v) is 21.7. The van der Waals surface area contributed by atoms with Crippen LogP contribution in [0, 0.1) is 16.0 Å². The summed E-state index contributed by atoms with van der Waals surface area (Å²) in [5.74, 6) is 0.0915. The molecule has 1 aromatic rings. The molecule has 0 N–H and O–H groups in total. The Bertz CT molecular complexity index is 815. The van der Waals surface area contributed by atoms with E-state index in [0.717, 1.165) is 25.0 Å². The lowest BCUT2D eigenvalue weighted by Crippen LogP contribution is -2.48. The average molecular weight is 465 g/mol. The normalized spacial score (nSPS) is 27.3. The SMILES string of the molecule is COC[C@@H]1CCCN1C1=C(C)[C@H](CO[Si](C)(C)C(C)(C)C)[C@H]([N+](=O)[O-])[C@@H](c2ccco2)C1. The molecule has 0 spiro atoms.